The van der Waals surface area contributed by atoms with Crippen LogP contribution in [0.15, 0.2) is 29.5 Å². The zero-order valence-electron chi connectivity index (χ0n) is 17.4. The number of nitrogens with one attached hydrogen (secondary N) is 1. The van der Waals surface area contributed by atoms with Gasteiger partial charge >= 0.3 is 0 Å². The van der Waals surface area contributed by atoms with E-state index < -0.39 is 38.3 Å². The van der Waals surface area contributed by atoms with E-state index in [2.05, 4.69) is 20.3 Å². The van der Waals surface area contributed by atoms with Crippen LogP contribution in [0.5, 0.6) is 5.88 Å². The van der Waals surface area contributed by atoms with E-state index in [4.69, 9.17) is 45.6 Å². The van der Waals surface area contributed by atoms with Gasteiger partial charge in [0.1, 0.15) is 40.6 Å². The van der Waals surface area contributed by atoms with Crippen LogP contribution in [0.4, 0.5) is 10.1 Å². The number of aromatic nitrogens is 2. The van der Waals surface area contributed by atoms with Crippen molar-refractivity contribution in [2.24, 2.45) is 10.7 Å². The Morgan fingerprint density at radius 2 is 2.00 bits per heavy atom. The number of amides is 1. The molecule has 10 nitrogen and oxygen atoms in total. The van der Waals surface area contributed by atoms with Crippen LogP contribution in [-0.4, -0.2) is 76.2 Å². The molecule has 3 N–H and O–H groups in total. The first-order valence-corrected chi connectivity index (χ1v) is 11.1. The number of nitrogens with two attached hydrogens (primary N) is 1. The van der Waals surface area contributed by atoms with Gasteiger partial charge in [0.05, 0.1) is 23.2 Å². The fourth-order valence-electron chi connectivity index (χ4n) is 3.00. The standard InChI is InChI=1S/C17H15B3ClFN6O4S/c1-16(7-33(30,31)28(2)15(23)27-16)9-3-8(4-10(21)13(9)22)26-14(29)11-5-25-12(6-24-11)32-17(18,19)20/h3-6H,7H2,1-2H3,(H2,23,27)(H,26,29)/t16-/m0/s1. The van der Waals surface area contributed by atoms with E-state index in [1.807, 2.05) is 0 Å². The van der Waals surface area contributed by atoms with E-state index in [1.165, 1.54) is 20.0 Å². The number of guanidine groups is 1. The lowest BCUT2D eigenvalue weighted by atomic mass is 9.52. The predicted octanol–water partition coefficient (Wildman–Crippen LogP) is -0.178. The average molecular weight is 486 g/mol. The van der Waals surface area contributed by atoms with Crippen molar-refractivity contribution in [3.63, 3.8) is 0 Å². The van der Waals surface area contributed by atoms with Crippen LogP contribution in [0, 0.1) is 5.82 Å². The van der Waals surface area contributed by atoms with Crippen LogP contribution < -0.4 is 15.8 Å². The smallest absolute Gasteiger partial charge is 0.275 e. The minimum absolute atomic E-state index is 0.0553. The Balaban J connectivity index is 1.91. The molecule has 3 rings (SSSR count). The molecule has 0 spiro atoms. The first kappa shape index (κ1) is 24.8. The van der Waals surface area contributed by atoms with Crippen molar-refractivity contribution >= 4 is 62.7 Å². The average Bonchev–Trinajstić information content (AvgIpc) is 2.67. The molecule has 0 unspecified atom stereocenters. The van der Waals surface area contributed by atoms with Gasteiger partial charge in [-0.2, -0.15) is 0 Å². The van der Waals surface area contributed by atoms with Crippen LogP contribution in [0.1, 0.15) is 23.0 Å². The Morgan fingerprint density at radius 3 is 2.55 bits per heavy atom. The molecule has 33 heavy (non-hydrogen) atoms. The summed E-state index contributed by atoms with van der Waals surface area (Å²) in [6, 6.07) is 2.36. The van der Waals surface area contributed by atoms with Crippen LogP contribution in [-0.2, 0) is 15.6 Å². The quantitative estimate of drug-likeness (QED) is 0.559. The van der Waals surface area contributed by atoms with Gasteiger partial charge in [-0.15, -0.1) is 0 Å². The third-order valence-electron chi connectivity index (χ3n) is 4.57. The highest BCUT2D eigenvalue weighted by Gasteiger charge is 2.42. The predicted molar refractivity (Wildman–Crippen MR) is 123 cm³/mol. The summed E-state index contributed by atoms with van der Waals surface area (Å²) in [7, 11) is 13.3. The highest BCUT2D eigenvalue weighted by molar-refractivity contribution is 7.89. The summed E-state index contributed by atoms with van der Waals surface area (Å²) in [4.78, 5) is 24.4. The van der Waals surface area contributed by atoms with Crippen LogP contribution >= 0.6 is 11.6 Å². The van der Waals surface area contributed by atoms with Gasteiger partial charge in [-0.05, 0) is 24.4 Å². The van der Waals surface area contributed by atoms with Crippen molar-refractivity contribution in [3.05, 3.63) is 46.6 Å². The van der Waals surface area contributed by atoms with E-state index in [0.717, 1.165) is 22.8 Å². The Labute approximate surface area is 198 Å². The van der Waals surface area contributed by atoms with Crippen molar-refractivity contribution in [1.29, 1.82) is 0 Å². The molecule has 1 atom stereocenters. The summed E-state index contributed by atoms with van der Waals surface area (Å²) in [6.07, 6.45) is 2.14. The molecule has 1 aliphatic rings. The first-order chi connectivity index (χ1) is 15.1. The summed E-state index contributed by atoms with van der Waals surface area (Å²) in [6.45, 7) is 1.39. The number of sulfonamides is 1. The number of hydrogen-bond donors (Lipinski definition) is 2. The summed E-state index contributed by atoms with van der Waals surface area (Å²) in [5, 5.41) is 0.135. The van der Waals surface area contributed by atoms with E-state index in [0.29, 0.717) is 0 Å². The van der Waals surface area contributed by atoms with E-state index in [9.17, 15) is 17.6 Å². The molecule has 1 aromatic carbocycles. The molecular formula is C17H15B3ClFN6O4S. The number of carbonyl (C=O) groups is 1. The van der Waals surface area contributed by atoms with Gasteiger partial charge in [0, 0.05) is 18.3 Å². The molecule has 0 bridgehead atoms. The topological polar surface area (TPSA) is 140 Å². The number of rotatable bonds is 5. The molecule has 1 aliphatic heterocycles. The van der Waals surface area contributed by atoms with Gasteiger partial charge in [0.15, 0.2) is 0 Å². The van der Waals surface area contributed by atoms with Crippen molar-refractivity contribution < 1.29 is 22.3 Å². The lowest BCUT2D eigenvalue weighted by Gasteiger charge is -2.34. The van der Waals surface area contributed by atoms with E-state index >= 15 is 0 Å². The number of halogens is 2. The maximum Gasteiger partial charge on any atom is 0.275 e. The van der Waals surface area contributed by atoms with Crippen molar-refractivity contribution in [2.45, 2.75) is 17.8 Å². The largest absolute Gasteiger partial charge is 0.500 e. The Morgan fingerprint density at radius 1 is 1.33 bits per heavy atom. The minimum atomic E-state index is -3.87. The third kappa shape index (κ3) is 5.41. The zero-order chi connectivity index (χ0) is 24.8. The first-order valence-electron chi connectivity index (χ1n) is 9.12. The van der Waals surface area contributed by atoms with Crippen molar-refractivity contribution in [3.8, 4) is 5.88 Å². The van der Waals surface area contributed by atoms with Crippen molar-refractivity contribution in [1.82, 2.24) is 14.3 Å². The summed E-state index contributed by atoms with van der Waals surface area (Å²) < 4.78 is 45.5. The molecule has 0 saturated carbocycles. The molecule has 2 heterocycles. The van der Waals surface area contributed by atoms with Gasteiger partial charge in [0.25, 0.3) is 5.91 Å². The summed E-state index contributed by atoms with van der Waals surface area (Å²) in [5.41, 5.74) is 3.86. The maximum atomic E-state index is 14.9. The molecule has 0 fully saturated rings. The SMILES string of the molecule is [B]C([B])([B])Oc1cnc(C(=O)Nc2cc(Cl)c(F)c([C@]3(C)CS(=O)(=O)N(C)C(N)=N3)c2)cn1. The van der Waals surface area contributed by atoms with Gasteiger partial charge < -0.3 is 15.8 Å². The fourth-order valence-corrected chi connectivity index (χ4v) is 4.67. The molecule has 0 aliphatic carbocycles. The maximum absolute atomic E-state index is 14.9. The second-order valence-electron chi connectivity index (χ2n) is 7.44. The molecular weight excluding hydrogens is 471 g/mol. The van der Waals surface area contributed by atoms with Crippen molar-refractivity contribution in [2.75, 3.05) is 18.1 Å². The number of carbonyl (C=O) groups excluding carboxylic acids is 1. The zero-order valence-corrected chi connectivity index (χ0v) is 19.0. The third-order valence-corrected chi connectivity index (χ3v) is 6.80. The molecule has 166 valence electrons. The number of aliphatic imine (C=N–C) groups is 1. The highest BCUT2D eigenvalue weighted by atomic mass is 35.5. The Hall–Kier alpha value is -2.80. The number of nitrogens with zero attached hydrogens (tertiary/aromatic N) is 4. The highest BCUT2D eigenvalue weighted by Crippen LogP contribution is 2.37. The second-order valence-corrected chi connectivity index (χ2v) is 9.84. The lowest BCUT2D eigenvalue weighted by molar-refractivity contribution is 0.102. The molecule has 6 radical (unpaired) electrons. The monoisotopic (exact) mass is 486 g/mol. The molecule has 2 aromatic rings. The normalized spacial score (nSPS) is 20.1. The molecule has 1 aromatic heterocycles. The van der Waals surface area contributed by atoms with Gasteiger partial charge in [0.2, 0.25) is 21.9 Å². The van der Waals surface area contributed by atoms with Crippen LogP contribution in [0.2, 0.25) is 5.02 Å². The Bertz CT molecular complexity index is 1240. The molecule has 1 amide bonds. The second kappa shape index (κ2) is 8.52. The van der Waals surface area contributed by atoms with Crippen LogP contribution in [0.25, 0.3) is 0 Å². The van der Waals surface area contributed by atoms with E-state index in [1.54, 1.807) is 0 Å². The number of ether oxygens (including phenoxy) is 1. The van der Waals surface area contributed by atoms with Gasteiger partial charge in [-0.25, -0.2) is 32.1 Å². The van der Waals surface area contributed by atoms with Gasteiger partial charge in [-0.3, -0.25) is 4.79 Å². The van der Waals surface area contributed by atoms with E-state index in [-0.39, 0.29) is 33.8 Å². The van der Waals surface area contributed by atoms with Crippen LogP contribution in [0.3, 0.4) is 0 Å². The number of benzene rings is 1. The molecule has 16 heteroatoms. The lowest BCUT2D eigenvalue weighted by Crippen LogP contribution is -2.50. The van der Waals surface area contributed by atoms with Gasteiger partial charge in [-0.1, -0.05) is 11.6 Å². The fraction of sp³-hybridized carbons (Fsp3) is 0.294. The summed E-state index contributed by atoms with van der Waals surface area (Å²) >= 11 is 6.00. The minimum Gasteiger partial charge on any atom is -0.500 e. The number of anilines is 1. The molecule has 0 saturated heterocycles. The summed E-state index contributed by atoms with van der Waals surface area (Å²) in [5.74, 6) is -2.64. The number of hydrogen-bond acceptors (Lipinski definition) is 8. The Kier molecular flexibility index (Phi) is 6.42.